The molecule has 4 nitrogen and oxygen atoms in total. The highest BCUT2D eigenvalue weighted by molar-refractivity contribution is 5.78. The number of likely N-dealkylation sites (tertiary alicyclic amines) is 2. The number of rotatable bonds is 5. The molecule has 1 atom stereocenters. The highest BCUT2D eigenvalue weighted by Crippen LogP contribution is 2.30. The van der Waals surface area contributed by atoms with Gasteiger partial charge in [-0.25, -0.2) is 0 Å². The molecule has 0 spiro atoms. The molecule has 28 heavy (non-hydrogen) atoms. The maximum absolute atomic E-state index is 12.7. The van der Waals surface area contributed by atoms with E-state index >= 15 is 0 Å². The Bertz CT molecular complexity index is 643. The van der Waals surface area contributed by atoms with Gasteiger partial charge in [-0.2, -0.15) is 0 Å². The summed E-state index contributed by atoms with van der Waals surface area (Å²) in [4.78, 5) is 20.1. The minimum atomic E-state index is 0.215. The zero-order chi connectivity index (χ0) is 19.5. The van der Waals surface area contributed by atoms with Crippen LogP contribution in [0.5, 0.6) is 0 Å². The van der Waals surface area contributed by atoms with Crippen molar-refractivity contribution in [2.75, 3.05) is 39.8 Å². The van der Waals surface area contributed by atoms with Crippen LogP contribution in [0, 0.1) is 5.92 Å². The summed E-state index contributed by atoms with van der Waals surface area (Å²) in [5.41, 5.74) is 3.12. The van der Waals surface area contributed by atoms with Crippen molar-refractivity contribution in [1.29, 1.82) is 0 Å². The molecule has 1 amide bonds. The standard InChI is InChI=1S/C24H37N3O/c1-3-12-25(2)24(28)21-9-6-13-27(18-21)22-10-14-26(15-11-22)23-16-19-7-4-5-8-20(19)17-23/h4-5,7-8,21-23H,3,6,9-18H2,1-2H3/t21-/m1/s1. The van der Waals surface area contributed by atoms with E-state index < -0.39 is 0 Å². The number of piperidine rings is 2. The Morgan fingerprint density at radius 2 is 1.68 bits per heavy atom. The lowest BCUT2D eigenvalue weighted by Crippen LogP contribution is -2.52. The average molecular weight is 384 g/mol. The highest BCUT2D eigenvalue weighted by Gasteiger charge is 2.35. The summed E-state index contributed by atoms with van der Waals surface area (Å²) in [7, 11) is 1.98. The second kappa shape index (κ2) is 8.96. The fourth-order valence-electron chi connectivity index (χ4n) is 5.71. The SMILES string of the molecule is CCCN(C)C(=O)[C@@H]1CCCN(C2CCN(C3Cc4ccccc4C3)CC2)C1. The Morgan fingerprint density at radius 1 is 1.00 bits per heavy atom. The van der Waals surface area contributed by atoms with Crippen LogP contribution >= 0.6 is 0 Å². The van der Waals surface area contributed by atoms with E-state index in [2.05, 4.69) is 41.0 Å². The summed E-state index contributed by atoms with van der Waals surface area (Å²) in [5, 5.41) is 0. The number of hydrogen-bond donors (Lipinski definition) is 0. The smallest absolute Gasteiger partial charge is 0.226 e. The summed E-state index contributed by atoms with van der Waals surface area (Å²) >= 11 is 0. The molecule has 1 aromatic rings. The van der Waals surface area contributed by atoms with Crippen LogP contribution in [0.2, 0.25) is 0 Å². The lowest BCUT2D eigenvalue weighted by Gasteiger charge is -2.43. The van der Waals surface area contributed by atoms with E-state index in [1.165, 1.54) is 51.7 Å². The second-order valence-corrected chi connectivity index (χ2v) is 9.19. The van der Waals surface area contributed by atoms with E-state index in [0.717, 1.165) is 25.9 Å². The minimum Gasteiger partial charge on any atom is -0.345 e. The molecule has 1 aliphatic carbocycles. The highest BCUT2D eigenvalue weighted by atomic mass is 16.2. The number of carbonyl (C=O) groups is 1. The number of carbonyl (C=O) groups excluding carboxylic acids is 1. The first kappa shape index (κ1) is 19.9. The van der Waals surface area contributed by atoms with Gasteiger partial charge in [0.1, 0.15) is 0 Å². The summed E-state index contributed by atoms with van der Waals surface area (Å²) in [6, 6.07) is 10.4. The Hall–Kier alpha value is -1.39. The first-order valence-electron chi connectivity index (χ1n) is 11.5. The molecule has 4 heteroatoms. The molecule has 0 bridgehead atoms. The van der Waals surface area contributed by atoms with E-state index in [0.29, 0.717) is 18.0 Å². The molecule has 0 radical (unpaired) electrons. The molecule has 2 saturated heterocycles. The van der Waals surface area contributed by atoms with Crippen molar-refractivity contribution in [2.24, 2.45) is 5.92 Å². The van der Waals surface area contributed by atoms with E-state index in [9.17, 15) is 4.79 Å². The molecule has 154 valence electrons. The molecule has 0 aromatic heterocycles. The number of nitrogens with zero attached hydrogens (tertiary/aromatic N) is 3. The van der Waals surface area contributed by atoms with Crippen molar-refractivity contribution in [2.45, 2.75) is 64.0 Å². The number of amides is 1. The lowest BCUT2D eigenvalue weighted by atomic mass is 9.92. The van der Waals surface area contributed by atoms with E-state index in [4.69, 9.17) is 0 Å². The van der Waals surface area contributed by atoms with Crippen molar-refractivity contribution in [3.8, 4) is 0 Å². The summed E-state index contributed by atoms with van der Waals surface area (Å²) in [6.45, 7) is 7.63. The summed E-state index contributed by atoms with van der Waals surface area (Å²) < 4.78 is 0. The summed E-state index contributed by atoms with van der Waals surface area (Å²) in [5.74, 6) is 0.584. The van der Waals surface area contributed by atoms with Gasteiger partial charge in [0.15, 0.2) is 0 Å². The Morgan fingerprint density at radius 3 is 2.32 bits per heavy atom. The molecular formula is C24H37N3O. The normalized spacial score (nSPS) is 25.0. The van der Waals surface area contributed by atoms with Crippen LogP contribution < -0.4 is 0 Å². The van der Waals surface area contributed by atoms with Gasteiger partial charge in [-0.3, -0.25) is 14.6 Å². The van der Waals surface area contributed by atoms with Crippen LogP contribution in [0.25, 0.3) is 0 Å². The molecule has 1 aromatic carbocycles. The first-order valence-corrected chi connectivity index (χ1v) is 11.5. The van der Waals surface area contributed by atoms with Gasteiger partial charge in [-0.15, -0.1) is 0 Å². The molecular weight excluding hydrogens is 346 g/mol. The third-order valence-electron chi connectivity index (χ3n) is 7.30. The fourth-order valence-corrected chi connectivity index (χ4v) is 5.71. The van der Waals surface area contributed by atoms with Crippen molar-refractivity contribution >= 4 is 5.91 Å². The molecule has 0 saturated carbocycles. The Labute approximate surface area is 170 Å². The van der Waals surface area contributed by atoms with Crippen molar-refractivity contribution in [1.82, 2.24) is 14.7 Å². The van der Waals surface area contributed by atoms with E-state index in [1.54, 1.807) is 11.1 Å². The van der Waals surface area contributed by atoms with Gasteiger partial charge in [0.25, 0.3) is 0 Å². The maximum atomic E-state index is 12.7. The molecule has 2 aliphatic heterocycles. The maximum Gasteiger partial charge on any atom is 0.226 e. The second-order valence-electron chi connectivity index (χ2n) is 9.19. The summed E-state index contributed by atoms with van der Waals surface area (Å²) in [6.07, 6.45) is 8.27. The molecule has 3 aliphatic rings. The minimum absolute atomic E-state index is 0.215. The predicted molar refractivity (Wildman–Crippen MR) is 114 cm³/mol. The molecule has 2 heterocycles. The molecule has 0 unspecified atom stereocenters. The zero-order valence-corrected chi connectivity index (χ0v) is 17.8. The fraction of sp³-hybridized carbons (Fsp3) is 0.708. The van der Waals surface area contributed by atoms with Gasteiger partial charge >= 0.3 is 0 Å². The van der Waals surface area contributed by atoms with Crippen LogP contribution in [0.1, 0.15) is 50.2 Å². The van der Waals surface area contributed by atoms with Crippen LogP contribution in [-0.2, 0) is 17.6 Å². The van der Waals surface area contributed by atoms with E-state index in [-0.39, 0.29) is 5.92 Å². The monoisotopic (exact) mass is 383 g/mol. The lowest BCUT2D eigenvalue weighted by molar-refractivity contribution is -0.136. The topological polar surface area (TPSA) is 26.8 Å². The molecule has 0 N–H and O–H groups in total. The van der Waals surface area contributed by atoms with Gasteiger partial charge in [0.2, 0.25) is 5.91 Å². The van der Waals surface area contributed by atoms with Gasteiger partial charge in [0.05, 0.1) is 5.92 Å². The number of benzene rings is 1. The largest absolute Gasteiger partial charge is 0.345 e. The van der Waals surface area contributed by atoms with Crippen molar-refractivity contribution in [3.05, 3.63) is 35.4 Å². The predicted octanol–water partition coefficient (Wildman–Crippen LogP) is 3.20. The van der Waals surface area contributed by atoms with Gasteiger partial charge < -0.3 is 4.90 Å². The van der Waals surface area contributed by atoms with E-state index in [1.807, 2.05) is 11.9 Å². The number of hydrogen-bond acceptors (Lipinski definition) is 3. The van der Waals surface area contributed by atoms with Crippen LogP contribution in [0.4, 0.5) is 0 Å². The van der Waals surface area contributed by atoms with Gasteiger partial charge in [0, 0.05) is 32.2 Å². The van der Waals surface area contributed by atoms with Gasteiger partial charge in [-0.1, -0.05) is 31.2 Å². The first-order chi connectivity index (χ1) is 13.7. The quantitative estimate of drug-likeness (QED) is 0.781. The van der Waals surface area contributed by atoms with Crippen molar-refractivity contribution < 1.29 is 4.79 Å². The average Bonchev–Trinajstić information content (AvgIpc) is 3.18. The Balaban J connectivity index is 1.27. The van der Waals surface area contributed by atoms with Crippen molar-refractivity contribution in [3.63, 3.8) is 0 Å². The van der Waals surface area contributed by atoms with Gasteiger partial charge in [-0.05, 0) is 75.7 Å². The zero-order valence-electron chi connectivity index (χ0n) is 17.8. The third-order valence-corrected chi connectivity index (χ3v) is 7.30. The van der Waals surface area contributed by atoms with Crippen LogP contribution in [0.3, 0.4) is 0 Å². The molecule has 2 fully saturated rings. The van der Waals surface area contributed by atoms with Crippen LogP contribution in [0.15, 0.2) is 24.3 Å². The third kappa shape index (κ3) is 4.28. The molecule has 4 rings (SSSR count). The van der Waals surface area contributed by atoms with Crippen LogP contribution in [-0.4, -0.2) is 72.5 Å². The Kier molecular flexibility index (Phi) is 6.37. The number of fused-ring (bicyclic) bond motifs is 1.